The van der Waals surface area contributed by atoms with Crippen LogP contribution in [0.15, 0.2) is 18.2 Å². The van der Waals surface area contributed by atoms with Gasteiger partial charge in [-0.1, -0.05) is 13.8 Å². The van der Waals surface area contributed by atoms with E-state index in [9.17, 15) is 23.2 Å². The van der Waals surface area contributed by atoms with Crippen molar-refractivity contribution in [1.82, 2.24) is 10.2 Å². The first-order chi connectivity index (χ1) is 14.2. The lowest BCUT2D eigenvalue weighted by atomic mass is 9.93. The summed E-state index contributed by atoms with van der Waals surface area (Å²) in [5.74, 6) is -2.86. The van der Waals surface area contributed by atoms with Crippen LogP contribution in [0.4, 0.5) is 14.5 Å². The van der Waals surface area contributed by atoms with Crippen molar-refractivity contribution in [1.29, 1.82) is 0 Å². The first-order valence-electron chi connectivity index (χ1n) is 10.5. The van der Waals surface area contributed by atoms with E-state index in [0.29, 0.717) is 38.3 Å². The number of carbonyl (C=O) groups excluding carboxylic acids is 3. The lowest BCUT2D eigenvalue weighted by Gasteiger charge is -2.33. The van der Waals surface area contributed by atoms with Crippen LogP contribution in [0.5, 0.6) is 0 Å². The number of anilines is 1. The molecular formula is C22H29F2N3O3. The van der Waals surface area contributed by atoms with E-state index < -0.39 is 23.5 Å². The van der Waals surface area contributed by atoms with Crippen LogP contribution >= 0.6 is 0 Å². The molecule has 2 aliphatic rings. The highest BCUT2D eigenvalue weighted by molar-refractivity contribution is 6.09. The smallest absolute Gasteiger partial charge is 0.239 e. The number of likely N-dealkylation sites (tertiary alicyclic amines) is 1. The van der Waals surface area contributed by atoms with Crippen molar-refractivity contribution >= 4 is 23.4 Å². The summed E-state index contributed by atoms with van der Waals surface area (Å²) >= 11 is 0. The van der Waals surface area contributed by atoms with Gasteiger partial charge in [-0.15, -0.1) is 0 Å². The van der Waals surface area contributed by atoms with E-state index in [1.807, 2.05) is 20.8 Å². The van der Waals surface area contributed by atoms with Crippen molar-refractivity contribution < 1.29 is 23.2 Å². The van der Waals surface area contributed by atoms with Crippen LogP contribution in [-0.4, -0.2) is 48.3 Å². The van der Waals surface area contributed by atoms with Crippen molar-refractivity contribution in [2.24, 2.45) is 17.8 Å². The molecule has 0 aliphatic carbocycles. The highest BCUT2D eigenvalue weighted by Gasteiger charge is 2.41. The van der Waals surface area contributed by atoms with E-state index in [4.69, 9.17) is 0 Å². The quantitative estimate of drug-likeness (QED) is 0.744. The van der Waals surface area contributed by atoms with Crippen LogP contribution in [0.2, 0.25) is 0 Å². The Morgan fingerprint density at radius 1 is 1.00 bits per heavy atom. The highest BCUT2D eigenvalue weighted by Crippen LogP contribution is 2.29. The zero-order valence-electron chi connectivity index (χ0n) is 17.7. The number of piperidine rings is 1. The average Bonchev–Trinajstić information content (AvgIpc) is 3.08. The van der Waals surface area contributed by atoms with E-state index >= 15 is 0 Å². The molecule has 2 unspecified atom stereocenters. The van der Waals surface area contributed by atoms with Gasteiger partial charge in [-0.2, -0.15) is 0 Å². The molecule has 1 N–H and O–H groups in total. The third kappa shape index (κ3) is 4.79. The predicted octanol–water partition coefficient (Wildman–Crippen LogP) is 2.72. The van der Waals surface area contributed by atoms with Crippen molar-refractivity contribution in [2.75, 3.05) is 24.5 Å². The summed E-state index contributed by atoms with van der Waals surface area (Å²) in [4.78, 5) is 40.9. The molecule has 0 radical (unpaired) electrons. The second-order valence-electron chi connectivity index (χ2n) is 8.60. The molecule has 1 aromatic rings. The van der Waals surface area contributed by atoms with Gasteiger partial charge >= 0.3 is 0 Å². The Balaban J connectivity index is 1.57. The summed E-state index contributed by atoms with van der Waals surface area (Å²) < 4.78 is 27.0. The Morgan fingerprint density at radius 3 is 2.17 bits per heavy atom. The number of rotatable bonds is 5. The van der Waals surface area contributed by atoms with E-state index in [-0.39, 0.29) is 36.0 Å². The molecule has 30 heavy (non-hydrogen) atoms. The van der Waals surface area contributed by atoms with Crippen LogP contribution in [0, 0.1) is 29.4 Å². The molecule has 0 spiro atoms. The van der Waals surface area contributed by atoms with Gasteiger partial charge in [-0.25, -0.2) is 8.78 Å². The molecule has 2 fully saturated rings. The lowest BCUT2D eigenvalue weighted by molar-refractivity contribution is -0.142. The maximum absolute atomic E-state index is 13.5. The summed E-state index contributed by atoms with van der Waals surface area (Å²) in [6.07, 6.45) is 1.42. The van der Waals surface area contributed by atoms with Crippen LogP contribution < -0.4 is 10.2 Å². The molecular weight excluding hydrogens is 392 g/mol. The number of hydrogen-bond donors (Lipinski definition) is 1. The Bertz CT molecular complexity index is 802. The molecule has 3 amide bonds. The van der Waals surface area contributed by atoms with Crippen molar-refractivity contribution in [3.8, 4) is 0 Å². The number of amides is 3. The van der Waals surface area contributed by atoms with Gasteiger partial charge in [0.2, 0.25) is 17.7 Å². The van der Waals surface area contributed by atoms with Gasteiger partial charge in [0.15, 0.2) is 0 Å². The van der Waals surface area contributed by atoms with E-state index in [0.717, 1.165) is 18.2 Å². The van der Waals surface area contributed by atoms with E-state index in [1.165, 1.54) is 4.90 Å². The summed E-state index contributed by atoms with van der Waals surface area (Å²) in [6, 6.07) is 3.02. The first kappa shape index (κ1) is 22.2. The zero-order valence-corrected chi connectivity index (χ0v) is 17.7. The van der Waals surface area contributed by atoms with Crippen LogP contribution in [-0.2, 0) is 14.4 Å². The normalized spacial score (nSPS) is 21.3. The molecule has 0 bridgehead atoms. The van der Waals surface area contributed by atoms with Crippen molar-refractivity contribution in [2.45, 2.75) is 46.1 Å². The Labute approximate surface area is 175 Å². The molecule has 164 valence electrons. The molecule has 3 rings (SSSR count). The average molecular weight is 421 g/mol. The maximum Gasteiger partial charge on any atom is 0.239 e. The third-order valence-electron chi connectivity index (χ3n) is 6.21. The molecule has 0 saturated carbocycles. The number of hydrogen-bond acceptors (Lipinski definition) is 3. The maximum atomic E-state index is 13.5. The Hall–Kier alpha value is -2.51. The predicted molar refractivity (Wildman–Crippen MR) is 109 cm³/mol. The second-order valence-corrected chi connectivity index (χ2v) is 8.60. The monoisotopic (exact) mass is 421 g/mol. The van der Waals surface area contributed by atoms with Gasteiger partial charge in [-0.3, -0.25) is 14.4 Å². The Morgan fingerprint density at radius 2 is 1.60 bits per heavy atom. The lowest BCUT2D eigenvalue weighted by Crippen LogP contribution is -2.48. The van der Waals surface area contributed by atoms with Crippen LogP contribution in [0.3, 0.4) is 0 Å². The van der Waals surface area contributed by atoms with Crippen molar-refractivity contribution in [3.63, 3.8) is 0 Å². The standard InChI is InChI=1S/C22H29F2N3O3/c1-13(2)14(3)25-20(28)15-4-7-26(8-5-15)21(29)19-6-9-27(22(19)30)18-11-16(23)10-17(24)12-18/h10-15,19H,4-9H2,1-3H3,(H,25,28). The molecule has 2 saturated heterocycles. The third-order valence-corrected chi connectivity index (χ3v) is 6.21. The summed E-state index contributed by atoms with van der Waals surface area (Å²) in [5, 5.41) is 3.02. The number of nitrogens with one attached hydrogen (secondary N) is 1. The minimum absolute atomic E-state index is 0.0135. The number of halogens is 2. The summed E-state index contributed by atoms with van der Waals surface area (Å²) in [6.45, 7) is 7.16. The number of benzene rings is 1. The van der Waals surface area contributed by atoms with E-state index in [1.54, 1.807) is 4.90 Å². The first-order valence-corrected chi connectivity index (χ1v) is 10.5. The topological polar surface area (TPSA) is 69.7 Å². The van der Waals surface area contributed by atoms with Gasteiger partial charge in [0, 0.05) is 43.3 Å². The molecule has 2 heterocycles. The molecule has 2 atom stereocenters. The minimum atomic E-state index is -0.845. The second kappa shape index (κ2) is 9.10. The SMILES string of the molecule is CC(C)C(C)NC(=O)C1CCN(C(=O)C2CCN(c3cc(F)cc(F)c3)C2=O)CC1. The summed E-state index contributed by atoms with van der Waals surface area (Å²) in [7, 11) is 0. The fourth-order valence-electron chi connectivity index (χ4n) is 3.95. The van der Waals surface area contributed by atoms with Gasteiger partial charge in [0.25, 0.3) is 0 Å². The van der Waals surface area contributed by atoms with Crippen LogP contribution in [0.1, 0.15) is 40.0 Å². The minimum Gasteiger partial charge on any atom is -0.353 e. The summed E-state index contributed by atoms with van der Waals surface area (Å²) in [5.41, 5.74) is 0.127. The molecule has 2 aliphatic heterocycles. The fourth-order valence-corrected chi connectivity index (χ4v) is 3.95. The van der Waals surface area contributed by atoms with Gasteiger partial charge in [0.05, 0.1) is 0 Å². The zero-order chi connectivity index (χ0) is 22.0. The highest BCUT2D eigenvalue weighted by atomic mass is 19.1. The van der Waals surface area contributed by atoms with Gasteiger partial charge < -0.3 is 15.1 Å². The molecule has 1 aromatic carbocycles. The molecule has 0 aromatic heterocycles. The molecule has 8 heteroatoms. The number of nitrogens with zero attached hydrogens (tertiary/aromatic N) is 2. The van der Waals surface area contributed by atoms with Gasteiger partial charge in [0.1, 0.15) is 17.6 Å². The van der Waals surface area contributed by atoms with Crippen molar-refractivity contribution in [3.05, 3.63) is 29.8 Å². The van der Waals surface area contributed by atoms with Gasteiger partial charge in [-0.05, 0) is 44.2 Å². The van der Waals surface area contributed by atoms with Crippen LogP contribution in [0.25, 0.3) is 0 Å². The largest absolute Gasteiger partial charge is 0.353 e. The fraction of sp³-hybridized carbons (Fsp3) is 0.591. The van der Waals surface area contributed by atoms with E-state index in [2.05, 4.69) is 5.32 Å². The number of carbonyl (C=O) groups is 3. The Kier molecular flexibility index (Phi) is 6.73. The molecule has 6 nitrogen and oxygen atoms in total.